The maximum Gasteiger partial charge on any atom is 0.321 e. The summed E-state index contributed by atoms with van der Waals surface area (Å²) in [6.07, 6.45) is 1.28. The van der Waals surface area contributed by atoms with Gasteiger partial charge in [0.1, 0.15) is 0 Å². The Hall–Kier alpha value is -2.08. The molecule has 0 bridgehead atoms. The average molecular weight is 390 g/mol. The Labute approximate surface area is 149 Å². The number of urea groups is 1. The van der Waals surface area contributed by atoms with E-state index in [0.29, 0.717) is 12.8 Å². The molecule has 3 rings (SSSR count). The molecule has 0 heterocycles. The molecule has 1 aliphatic rings. The number of benzene rings is 2. The molecule has 0 unspecified atom stereocenters. The van der Waals surface area contributed by atoms with Crippen molar-refractivity contribution in [2.24, 2.45) is 11.7 Å². The van der Waals surface area contributed by atoms with E-state index in [1.807, 2.05) is 37.3 Å². The zero-order valence-corrected chi connectivity index (χ0v) is 15.3. The topological polar surface area (TPSA) is 75.4 Å². The van der Waals surface area contributed by atoms with Gasteiger partial charge in [0.15, 0.2) is 0 Å². The van der Waals surface area contributed by atoms with Gasteiger partial charge >= 0.3 is 6.03 Å². The molecule has 1 aliphatic carbocycles. The molecule has 0 radical (unpaired) electrons. The lowest BCUT2D eigenvalue weighted by molar-refractivity contribution is -0.125. The molecular weight excluding hydrogens is 370 g/mol. The fraction of sp³-hybridized carbons (Fsp3) is 0.333. The third-order valence-corrected chi connectivity index (χ3v) is 5.46. The monoisotopic (exact) mass is 389 g/mol. The van der Waals surface area contributed by atoms with Crippen LogP contribution in [0, 0.1) is 12.8 Å². The highest BCUT2D eigenvalue weighted by Crippen LogP contribution is 2.34. The van der Waals surface area contributed by atoms with Crippen LogP contribution in [0.5, 0.6) is 0 Å². The smallest absolute Gasteiger partial charge is 0.321 e. The van der Waals surface area contributed by atoms with Crippen LogP contribution >= 0.6 is 15.9 Å². The van der Waals surface area contributed by atoms with Crippen molar-refractivity contribution >= 4 is 44.3 Å². The van der Waals surface area contributed by atoms with Crippen molar-refractivity contribution in [2.75, 3.05) is 12.4 Å². The number of nitrogens with one attached hydrogen (secondary N) is 1. The minimum absolute atomic E-state index is 0.0597. The Balaban J connectivity index is 1.80. The zero-order valence-electron chi connectivity index (χ0n) is 13.7. The van der Waals surface area contributed by atoms with Crippen LogP contribution in [0.2, 0.25) is 0 Å². The van der Waals surface area contributed by atoms with Gasteiger partial charge in [0.2, 0.25) is 5.91 Å². The quantitative estimate of drug-likeness (QED) is 0.840. The first-order valence-corrected chi connectivity index (χ1v) is 8.68. The lowest BCUT2D eigenvalue weighted by Crippen LogP contribution is -2.50. The van der Waals surface area contributed by atoms with Crippen molar-refractivity contribution in [3.8, 4) is 0 Å². The van der Waals surface area contributed by atoms with Crippen molar-refractivity contribution in [3.05, 3.63) is 40.4 Å². The number of anilines is 1. The van der Waals surface area contributed by atoms with Gasteiger partial charge in [-0.15, -0.1) is 0 Å². The second-order valence-corrected chi connectivity index (χ2v) is 7.22. The largest absolute Gasteiger partial charge is 0.369 e. The van der Waals surface area contributed by atoms with E-state index in [4.69, 9.17) is 5.73 Å². The number of primary amides is 1. The SMILES string of the molecule is Cc1cc(Br)c2ccccc2c1NC(=O)N(C)C1CC(C(N)=O)C1. The lowest BCUT2D eigenvalue weighted by atomic mass is 9.79. The van der Waals surface area contributed by atoms with Gasteiger partial charge in [0.05, 0.1) is 5.69 Å². The van der Waals surface area contributed by atoms with Crippen LogP contribution in [-0.4, -0.2) is 29.9 Å². The van der Waals surface area contributed by atoms with E-state index in [2.05, 4.69) is 21.2 Å². The van der Waals surface area contributed by atoms with E-state index in [9.17, 15) is 9.59 Å². The van der Waals surface area contributed by atoms with E-state index in [0.717, 1.165) is 26.5 Å². The van der Waals surface area contributed by atoms with Crippen molar-refractivity contribution in [3.63, 3.8) is 0 Å². The number of hydrogen-bond acceptors (Lipinski definition) is 2. The second kappa shape index (κ2) is 6.43. The van der Waals surface area contributed by atoms with Crippen molar-refractivity contribution in [2.45, 2.75) is 25.8 Å². The van der Waals surface area contributed by atoms with Gasteiger partial charge in [-0.1, -0.05) is 40.2 Å². The molecule has 5 nitrogen and oxygen atoms in total. The molecule has 1 fully saturated rings. The van der Waals surface area contributed by atoms with Crippen molar-refractivity contribution < 1.29 is 9.59 Å². The summed E-state index contributed by atoms with van der Waals surface area (Å²) in [6, 6.07) is 9.83. The van der Waals surface area contributed by atoms with E-state index in [1.54, 1.807) is 11.9 Å². The average Bonchev–Trinajstić information content (AvgIpc) is 2.49. The molecule has 3 N–H and O–H groups in total. The highest BCUT2D eigenvalue weighted by molar-refractivity contribution is 9.10. The maximum atomic E-state index is 12.6. The van der Waals surface area contributed by atoms with E-state index < -0.39 is 0 Å². The molecule has 126 valence electrons. The summed E-state index contributed by atoms with van der Waals surface area (Å²) in [7, 11) is 1.76. The normalized spacial score (nSPS) is 19.6. The number of fused-ring (bicyclic) bond motifs is 1. The van der Waals surface area contributed by atoms with Crippen LogP contribution in [0.3, 0.4) is 0 Å². The second-order valence-electron chi connectivity index (χ2n) is 6.36. The maximum absolute atomic E-state index is 12.6. The number of nitrogens with two attached hydrogens (primary N) is 1. The van der Waals surface area contributed by atoms with Crippen LogP contribution in [0.15, 0.2) is 34.8 Å². The number of amides is 3. The summed E-state index contributed by atoms with van der Waals surface area (Å²) in [6.45, 7) is 1.97. The fourth-order valence-corrected chi connectivity index (χ4v) is 3.81. The first-order valence-electron chi connectivity index (χ1n) is 7.89. The number of carbonyl (C=O) groups excluding carboxylic acids is 2. The van der Waals surface area contributed by atoms with E-state index >= 15 is 0 Å². The first kappa shape index (κ1) is 16.8. The predicted molar refractivity (Wildman–Crippen MR) is 98.9 cm³/mol. The van der Waals surface area contributed by atoms with Crippen molar-refractivity contribution in [1.82, 2.24) is 4.90 Å². The van der Waals surface area contributed by atoms with E-state index in [1.165, 1.54) is 0 Å². The van der Waals surface area contributed by atoms with Crippen LogP contribution in [0.1, 0.15) is 18.4 Å². The van der Waals surface area contributed by atoms with E-state index in [-0.39, 0.29) is 23.9 Å². The van der Waals surface area contributed by atoms with Gasteiger partial charge in [0, 0.05) is 28.9 Å². The zero-order chi connectivity index (χ0) is 17.4. The third kappa shape index (κ3) is 2.98. The summed E-state index contributed by atoms with van der Waals surface area (Å²) in [5, 5.41) is 5.07. The first-order chi connectivity index (χ1) is 11.4. The minimum Gasteiger partial charge on any atom is -0.369 e. The molecule has 0 spiro atoms. The number of halogens is 1. The van der Waals surface area contributed by atoms with Gasteiger partial charge in [-0.25, -0.2) is 4.79 Å². The molecule has 6 heteroatoms. The fourth-order valence-electron chi connectivity index (χ4n) is 3.13. The molecule has 2 aromatic rings. The van der Waals surface area contributed by atoms with Crippen LogP contribution in [-0.2, 0) is 4.79 Å². The highest BCUT2D eigenvalue weighted by Gasteiger charge is 2.37. The molecule has 2 aromatic carbocycles. The molecule has 3 amide bonds. The molecule has 0 atom stereocenters. The Kier molecular flexibility index (Phi) is 4.49. The predicted octanol–water partition coefficient (Wildman–Crippen LogP) is 3.64. The summed E-state index contributed by atoms with van der Waals surface area (Å²) in [4.78, 5) is 25.4. The number of hydrogen-bond donors (Lipinski definition) is 2. The summed E-state index contributed by atoms with van der Waals surface area (Å²) >= 11 is 3.57. The van der Waals surface area contributed by atoms with Gasteiger partial charge in [-0.3, -0.25) is 4.79 Å². The highest BCUT2D eigenvalue weighted by atomic mass is 79.9. The van der Waals surface area contributed by atoms with Gasteiger partial charge in [-0.2, -0.15) is 0 Å². The number of carbonyl (C=O) groups is 2. The van der Waals surface area contributed by atoms with Crippen LogP contribution in [0.4, 0.5) is 10.5 Å². The van der Waals surface area contributed by atoms with Gasteiger partial charge in [0.25, 0.3) is 0 Å². The van der Waals surface area contributed by atoms with Gasteiger partial charge in [-0.05, 0) is 36.8 Å². The molecule has 1 saturated carbocycles. The van der Waals surface area contributed by atoms with Crippen LogP contribution in [0.25, 0.3) is 10.8 Å². The summed E-state index contributed by atoms with van der Waals surface area (Å²) in [5.74, 6) is -0.393. The number of rotatable bonds is 3. The van der Waals surface area contributed by atoms with Crippen molar-refractivity contribution in [1.29, 1.82) is 0 Å². The Morgan fingerprint density at radius 2 is 1.88 bits per heavy atom. The Morgan fingerprint density at radius 1 is 1.25 bits per heavy atom. The number of aryl methyl sites for hydroxylation is 1. The Morgan fingerprint density at radius 3 is 2.50 bits per heavy atom. The number of nitrogens with zero attached hydrogens (tertiary/aromatic N) is 1. The molecular formula is C18H20BrN3O2. The minimum atomic E-state index is -0.283. The van der Waals surface area contributed by atoms with Crippen LogP contribution < -0.4 is 11.1 Å². The molecule has 0 saturated heterocycles. The third-order valence-electron chi connectivity index (χ3n) is 4.81. The summed E-state index contributed by atoms with van der Waals surface area (Å²) in [5.41, 5.74) is 7.10. The van der Waals surface area contributed by atoms with Gasteiger partial charge < -0.3 is 16.0 Å². The molecule has 0 aliphatic heterocycles. The Bertz CT molecular complexity index is 815. The standard InChI is InChI=1S/C18H20BrN3O2/c1-10-7-15(19)13-5-3-4-6-14(13)16(10)21-18(24)22(2)12-8-11(9-12)17(20)23/h3-7,11-12H,8-9H2,1-2H3,(H2,20,23)(H,21,24). The molecule has 24 heavy (non-hydrogen) atoms. The molecule has 0 aromatic heterocycles. The summed E-state index contributed by atoms with van der Waals surface area (Å²) < 4.78 is 1.00. The lowest BCUT2D eigenvalue weighted by Gasteiger charge is -2.39.